The number of hydrogen-bond acceptors (Lipinski definition) is 3. The first-order valence-corrected chi connectivity index (χ1v) is 16.7. The summed E-state index contributed by atoms with van der Waals surface area (Å²) in [6.45, 7) is 4.35. The molecule has 3 heterocycles. The van der Waals surface area contributed by atoms with Gasteiger partial charge in [0.2, 0.25) is 5.95 Å². The standard InChI is InChI=1S/C43H33N5/c1-3-28-18-22-30(23-19-28)41-44-42(31-24-20-29(4-2)21-25-31)46-43(45-41)48-36-16-10-8-14-33(36)34-26-27-38-39(40(34)48)35-15-9-11-17-37(35)47(38)32-12-6-5-7-13-32/h5-27H,3-4H2,1-2H3. The maximum absolute atomic E-state index is 5.25. The van der Waals surface area contributed by atoms with Crippen molar-refractivity contribution in [2.45, 2.75) is 26.7 Å². The number of aryl methyl sites for hydroxylation is 2. The van der Waals surface area contributed by atoms with Crippen molar-refractivity contribution in [3.63, 3.8) is 0 Å². The van der Waals surface area contributed by atoms with Crippen molar-refractivity contribution < 1.29 is 0 Å². The van der Waals surface area contributed by atoms with E-state index in [1.807, 2.05) is 0 Å². The van der Waals surface area contributed by atoms with Gasteiger partial charge in [0.15, 0.2) is 11.6 Å². The van der Waals surface area contributed by atoms with Crippen LogP contribution in [-0.2, 0) is 12.8 Å². The summed E-state index contributed by atoms with van der Waals surface area (Å²) >= 11 is 0. The van der Waals surface area contributed by atoms with Crippen LogP contribution >= 0.6 is 0 Å². The Morgan fingerprint density at radius 3 is 1.58 bits per heavy atom. The van der Waals surface area contributed by atoms with Crippen LogP contribution in [0.4, 0.5) is 0 Å². The molecule has 0 saturated carbocycles. The summed E-state index contributed by atoms with van der Waals surface area (Å²) < 4.78 is 4.62. The van der Waals surface area contributed by atoms with Gasteiger partial charge >= 0.3 is 0 Å². The Hall–Kier alpha value is -6.07. The van der Waals surface area contributed by atoms with Crippen molar-refractivity contribution in [2.75, 3.05) is 0 Å². The van der Waals surface area contributed by atoms with Crippen molar-refractivity contribution in [1.82, 2.24) is 24.1 Å². The fourth-order valence-electron chi connectivity index (χ4n) is 7.07. The van der Waals surface area contributed by atoms with Crippen molar-refractivity contribution in [3.8, 4) is 34.4 Å². The van der Waals surface area contributed by atoms with E-state index in [1.54, 1.807) is 0 Å². The molecular formula is C43H33N5. The zero-order chi connectivity index (χ0) is 32.2. The number of hydrogen-bond donors (Lipinski definition) is 0. The van der Waals surface area contributed by atoms with E-state index in [4.69, 9.17) is 15.0 Å². The summed E-state index contributed by atoms with van der Waals surface area (Å²) in [5.74, 6) is 1.91. The van der Waals surface area contributed by atoms with Gasteiger partial charge < -0.3 is 4.57 Å². The second kappa shape index (κ2) is 11.3. The number of nitrogens with zero attached hydrogens (tertiary/aromatic N) is 5. The van der Waals surface area contributed by atoms with Gasteiger partial charge in [-0.25, -0.2) is 4.98 Å². The molecule has 0 aliphatic rings. The summed E-state index contributed by atoms with van der Waals surface area (Å²) in [5, 5.41) is 4.68. The predicted molar refractivity (Wildman–Crippen MR) is 198 cm³/mol. The summed E-state index contributed by atoms with van der Waals surface area (Å²) in [6, 6.07) is 49.5. The lowest BCUT2D eigenvalue weighted by Gasteiger charge is -2.12. The van der Waals surface area contributed by atoms with Crippen LogP contribution in [0.3, 0.4) is 0 Å². The average molecular weight is 620 g/mol. The molecule has 0 spiro atoms. The molecule has 0 aliphatic carbocycles. The van der Waals surface area contributed by atoms with Crippen LogP contribution in [0.2, 0.25) is 0 Å². The molecule has 0 saturated heterocycles. The van der Waals surface area contributed by atoms with Crippen LogP contribution in [0.1, 0.15) is 25.0 Å². The maximum atomic E-state index is 5.25. The largest absolute Gasteiger partial charge is 0.309 e. The molecule has 0 N–H and O–H groups in total. The van der Waals surface area contributed by atoms with Crippen molar-refractivity contribution >= 4 is 43.6 Å². The molecule has 48 heavy (non-hydrogen) atoms. The van der Waals surface area contributed by atoms with E-state index in [-0.39, 0.29) is 0 Å². The smallest absolute Gasteiger partial charge is 0.238 e. The van der Waals surface area contributed by atoms with Gasteiger partial charge in [-0.2, -0.15) is 9.97 Å². The first kappa shape index (κ1) is 28.2. The fourth-order valence-corrected chi connectivity index (χ4v) is 7.07. The quantitative estimate of drug-likeness (QED) is 0.186. The summed E-state index contributed by atoms with van der Waals surface area (Å²) in [5.41, 5.74) is 10.1. The molecule has 5 heteroatoms. The second-order valence-corrected chi connectivity index (χ2v) is 12.3. The Morgan fingerprint density at radius 1 is 0.438 bits per heavy atom. The van der Waals surface area contributed by atoms with E-state index < -0.39 is 0 Å². The number of fused-ring (bicyclic) bond motifs is 7. The molecule has 0 unspecified atom stereocenters. The molecule has 0 fully saturated rings. The second-order valence-electron chi connectivity index (χ2n) is 12.3. The minimum atomic E-state index is 0.601. The first-order valence-electron chi connectivity index (χ1n) is 16.7. The normalized spacial score (nSPS) is 11.7. The van der Waals surface area contributed by atoms with E-state index >= 15 is 0 Å². The van der Waals surface area contributed by atoms with E-state index in [1.165, 1.54) is 21.9 Å². The van der Waals surface area contributed by atoms with Crippen LogP contribution in [0, 0.1) is 0 Å². The third kappa shape index (κ3) is 4.43. The van der Waals surface area contributed by atoms with Crippen molar-refractivity contribution in [3.05, 3.63) is 151 Å². The molecule has 9 rings (SSSR count). The van der Waals surface area contributed by atoms with E-state index in [0.29, 0.717) is 17.6 Å². The lowest BCUT2D eigenvalue weighted by atomic mass is 10.1. The van der Waals surface area contributed by atoms with Gasteiger partial charge in [-0.15, -0.1) is 0 Å². The van der Waals surface area contributed by atoms with E-state index in [2.05, 4.69) is 163 Å². The maximum Gasteiger partial charge on any atom is 0.238 e. The van der Waals surface area contributed by atoms with Gasteiger partial charge in [0, 0.05) is 38.4 Å². The van der Waals surface area contributed by atoms with Gasteiger partial charge in [0.1, 0.15) is 0 Å². The molecule has 230 valence electrons. The fraction of sp³-hybridized carbons (Fsp3) is 0.0930. The van der Waals surface area contributed by atoms with Crippen molar-refractivity contribution in [2.24, 2.45) is 0 Å². The Bertz CT molecular complexity index is 2550. The third-order valence-electron chi connectivity index (χ3n) is 9.55. The SMILES string of the molecule is CCc1ccc(-c2nc(-c3ccc(CC)cc3)nc(-n3c4ccccc4c4ccc5c(c6ccccc6n5-c5ccccc5)c43)n2)cc1. The molecule has 0 atom stereocenters. The monoisotopic (exact) mass is 619 g/mol. The average Bonchev–Trinajstić information content (AvgIpc) is 3.68. The highest BCUT2D eigenvalue weighted by atomic mass is 15.2. The molecule has 3 aromatic heterocycles. The zero-order valence-electron chi connectivity index (χ0n) is 26.9. The highest BCUT2D eigenvalue weighted by Crippen LogP contribution is 2.41. The lowest BCUT2D eigenvalue weighted by Crippen LogP contribution is -2.06. The van der Waals surface area contributed by atoms with Crippen LogP contribution in [-0.4, -0.2) is 24.1 Å². The topological polar surface area (TPSA) is 48.5 Å². The molecule has 0 amide bonds. The Kier molecular flexibility index (Phi) is 6.64. The number of aromatic nitrogens is 5. The number of benzene rings is 6. The Balaban J connectivity index is 1.41. The molecule has 0 radical (unpaired) electrons. The van der Waals surface area contributed by atoms with Crippen LogP contribution in [0.5, 0.6) is 0 Å². The van der Waals surface area contributed by atoms with E-state index in [0.717, 1.165) is 62.5 Å². The lowest BCUT2D eigenvalue weighted by molar-refractivity contribution is 0.954. The number of rotatable bonds is 6. The molecule has 5 nitrogen and oxygen atoms in total. The van der Waals surface area contributed by atoms with Crippen LogP contribution in [0.25, 0.3) is 78.0 Å². The van der Waals surface area contributed by atoms with Crippen LogP contribution in [0.15, 0.2) is 140 Å². The highest BCUT2D eigenvalue weighted by Gasteiger charge is 2.23. The minimum absolute atomic E-state index is 0.601. The van der Waals surface area contributed by atoms with Gasteiger partial charge in [-0.3, -0.25) is 4.57 Å². The molecule has 0 aliphatic heterocycles. The van der Waals surface area contributed by atoms with Gasteiger partial charge in [-0.1, -0.05) is 123 Å². The Morgan fingerprint density at radius 2 is 0.979 bits per heavy atom. The highest BCUT2D eigenvalue weighted by molar-refractivity contribution is 6.26. The zero-order valence-corrected chi connectivity index (χ0v) is 26.9. The van der Waals surface area contributed by atoms with Gasteiger partial charge in [0.05, 0.1) is 22.1 Å². The molecule has 9 aromatic rings. The summed E-state index contributed by atoms with van der Waals surface area (Å²) in [4.78, 5) is 15.6. The molecule has 0 bridgehead atoms. The van der Waals surface area contributed by atoms with Gasteiger partial charge in [0.25, 0.3) is 0 Å². The molecule has 6 aromatic carbocycles. The predicted octanol–water partition coefficient (Wildman–Crippen LogP) is 10.5. The summed E-state index contributed by atoms with van der Waals surface area (Å²) in [6.07, 6.45) is 1.96. The number of para-hydroxylation sites is 3. The third-order valence-corrected chi connectivity index (χ3v) is 9.55. The van der Waals surface area contributed by atoms with E-state index in [9.17, 15) is 0 Å². The Labute approximate surface area is 278 Å². The minimum Gasteiger partial charge on any atom is -0.309 e. The van der Waals surface area contributed by atoms with Crippen molar-refractivity contribution in [1.29, 1.82) is 0 Å². The summed E-state index contributed by atoms with van der Waals surface area (Å²) in [7, 11) is 0. The first-order chi connectivity index (χ1) is 23.7. The molecular weight excluding hydrogens is 587 g/mol. The van der Waals surface area contributed by atoms with Crippen LogP contribution < -0.4 is 0 Å². The van der Waals surface area contributed by atoms with Gasteiger partial charge in [-0.05, 0) is 54.3 Å².